The summed E-state index contributed by atoms with van der Waals surface area (Å²) in [5, 5.41) is 32.5. The summed E-state index contributed by atoms with van der Waals surface area (Å²) in [4.78, 5) is 11.9. The standard InChI is InChI=1S/C16H13Br3N2O6/c1-26-11-4-8(17)3-10(19)16(11)27-6-12(22)21-20-5-7-2-9(18)14(24)15(25)13(7)23/h2-5,23-25H,6H2,1H3,(H,21,22). The van der Waals surface area contributed by atoms with Gasteiger partial charge >= 0.3 is 0 Å². The van der Waals surface area contributed by atoms with Crippen molar-refractivity contribution in [2.75, 3.05) is 13.7 Å². The molecule has 144 valence electrons. The number of nitrogens with one attached hydrogen (secondary N) is 1. The summed E-state index contributed by atoms with van der Waals surface area (Å²) in [5.74, 6) is -1.56. The van der Waals surface area contributed by atoms with E-state index in [1.807, 2.05) is 0 Å². The minimum Gasteiger partial charge on any atom is -0.504 e. The molecule has 0 radical (unpaired) electrons. The Morgan fingerprint density at radius 3 is 2.48 bits per heavy atom. The van der Waals surface area contributed by atoms with Gasteiger partial charge in [-0.1, -0.05) is 15.9 Å². The number of aromatic hydroxyl groups is 3. The summed E-state index contributed by atoms with van der Waals surface area (Å²) >= 11 is 9.67. The Morgan fingerprint density at radius 1 is 1.11 bits per heavy atom. The lowest BCUT2D eigenvalue weighted by Crippen LogP contribution is -2.24. The van der Waals surface area contributed by atoms with Crippen molar-refractivity contribution in [2.45, 2.75) is 0 Å². The number of halogens is 3. The van der Waals surface area contributed by atoms with Gasteiger partial charge in [-0.25, -0.2) is 5.43 Å². The summed E-state index contributed by atoms with van der Waals surface area (Å²) in [6, 6.07) is 4.75. The van der Waals surface area contributed by atoms with Gasteiger partial charge in [-0.05, 0) is 50.1 Å². The molecule has 0 spiro atoms. The molecule has 0 saturated heterocycles. The zero-order valence-electron chi connectivity index (χ0n) is 13.7. The van der Waals surface area contributed by atoms with Crippen molar-refractivity contribution in [3.63, 3.8) is 0 Å². The third kappa shape index (κ3) is 5.27. The van der Waals surface area contributed by atoms with E-state index >= 15 is 0 Å². The van der Waals surface area contributed by atoms with Crippen molar-refractivity contribution in [1.29, 1.82) is 0 Å². The maximum atomic E-state index is 11.9. The number of hydrogen-bond acceptors (Lipinski definition) is 7. The topological polar surface area (TPSA) is 121 Å². The third-order valence-corrected chi connectivity index (χ3v) is 4.82. The predicted octanol–water partition coefficient (Wildman–Crippen LogP) is 3.63. The lowest BCUT2D eigenvalue weighted by Gasteiger charge is -2.12. The molecule has 11 heteroatoms. The van der Waals surface area contributed by atoms with Crippen LogP contribution in [-0.2, 0) is 4.79 Å². The summed E-state index contributed by atoms with van der Waals surface area (Å²) < 4.78 is 12.2. The van der Waals surface area contributed by atoms with Crippen LogP contribution in [0.25, 0.3) is 0 Å². The normalized spacial score (nSPS) is 10.8. The fourth-order valence-corrected chi connectivity index (χ4v) is 3.64. The molecule has 0 atom stereocenters. The summed E-state index contributed by atoms with van der Waals surface area (Å²) in [6.07, 6.45) is 1.10. The molecule has 27 heavy (non-hydrogen) atoms. The number of ether oxygens (including phenoxy) is 2. The smallest absolute Gasteiger partial charge is 0.277 e. The van der Waals surface area contributed by atoms with Crippen LogP contribution >= 0.6 is 47.8 Å². The number of methoxy groups -OCH3 is 1. The molecule has 0 fully saturated rings. The van der Waals surface area contributed by atoms with Gasteiger partial charge in [0.25, 0.3) is 5.91 Å². The van der Waals surface area contributed by atoms with Gasteiger partial charge in [0, 0.05) is 10.0 Å². The molecule has 4 N–H and O–H groups in total. The molecule has 2 aromatic carbocycles. The summed E-state index contributed by atoms with van der Waals surface area (Å²) in [6.45, 7) is -0.343. The quantitative estimate of drug-likeness (QED) is 0.240. The SMILES string of the molecule is COc1cc(Br)cc(Br)c1OCC(=O)NN=Cc1cc(Br)c(O)c(O)c1O. The number of nitrogens with zero attached hydrogens (tertiary/aromatic N) is 1. The molecule has 1 amide bonds. The lowest BCUT2D eigenvalue weighted by atomic mass is 10.2. The Morgan fingerprint density at radius 2 is 1.81 bits per heavy atom. The van der Waals surface area contributed by atoms with Gasteiger partial charge in [-0.3, -0.25) is 4.79 Å². The van der Waals surface area contributed by atoms with Gasteiger partial charge in [0.15, 0.2) is 29.6 Å². The largest absolute Gasteiger partial charge is 0.504 e. The van der Waals surface area contributed by atoms with Crippen molar-refractivity contribution >= 4 is 59.9 Å². The summed E-state index contributed by atoms with van der Waals surface area (Å²) in [5.41, 5.74) is 2.30. The molecule has 0 bridgehead atoms. The predicted molar refractivity (Wildman–Crippen MR) is 109 cm³/mol. The maximum Gasteiger partial charge on any atom is 0.277 e. The maximum absolute atomic E-state index is 11.9. The first-order chi connectivity index (χ1) is 12.7. The minimum atomic E-state index is -0.701. The van der Waals surface area contributed by atoms with Crippen LogP contribution in [-0.4, -0.2) is 41.2 Å². The van der Waals surface area contributed by atoms with E-state index < -0.39 is 23.2 Å². The highest BCUT2D eigenvalue weighted by molar-refractivity contribution is 9.11. The van der Waals surface area contributed by atoms with Gasteiger partial charge in [-0.15, -0.1) is 0 Å². The molecule has 0 unspecified atom stereocenters. The molecule has 8 nitrogen and oxygen atoms in total. The Bertz CT molecular complexity index is 904. The first kappa shape index (κ1) is 21.3. The van der Waals surface area contributed by atoms with E-state index in [0.717, 1.165) is 10.7 Å². The van der Waals surface area contributed by atoms with Crippen molar-refractivity contribution in [1.82, 2.24) is 5.43 Å². The van der Waals surface area contributed by atoms with Gasteiger partial charge in [0.1, 0.15) is 0 Å². The summed E-state index contributed by atoms with van der Waals surface area (Å²) in [7, 11) is 1.48. The molecular formula is C16H13Br3N2O6. The number of benzene rings is 2. The van der Waals surface area contributed by atoms with E-state index in [4.69, 9.17) is 9.47 Å². The van der Waals surface area contributed by atoms with E-state index in [1.54, 1.807) is 12.1 Å². The van der Waals surface area contributed by atoms with Gasteiger partial charge < -0.3 is 24.8 Å². The number of phenols is 3. The van der Waals surface area contributed by atoms with Gasteiger partial charge in [-0.2, -0.15) is 5.10 Å². The Labute approximate surface area is 179 Å². The Kier molecular flexibility index (Phi) is 7.33. The number of hydrazone groups is 1. The van der Waals surface area contributed by atoms with Crippen molar-refractivity contribution in [2.24, 2.45) is 5.10 Å². The minimum absolute atomic E-state index is 0.0794. The van der Waals surface area contributed by atoms with Crippen LogP contribution in [0.1, 0.15) is 5.56 Å². The highest BCUT2D eigenvalue weighted by atomic mass is 79.9. The number of hydrogen-bond donors (Lipinski definition) is 4. The molecule has 0 aromatic heterocycles. The van der Waals surface area contributed by atoms with E-state index in [1.165, 1.54) is 13.2 Å². The lowest BCUT2D eigenvalue weighted by molar-refractivity contribution is -0.123. The fourth-order valence-electron chi connectivity index (χ4n) is 1.91. The zero-order valence-corrected chi connectivity index (χ0v) is 18.4. The number of carbonyl (C=O) groups excluding carboxylic acids is 1. The van der Waals surface area contributed by atoms with Crippen LogP contribution < -0.4 is 14.9 Å². The second-order valence-electron chi connectivity index (χ2n) is 4.99. The van der Waals surface area contributed by atoms with E-state index in [0.29, 0.717) is 16.0 Å². The van der Waals surface area contributed by atoms with E-state index in [9.17, 15) is 20.1 Å². The van der Waals surface area contributed by atoms with Crippen molar-refractivity contribution in [3.8, 4) is 28.7 Å². The second kappa shape index (κ2) is 9.29. The van der Waals surface area contributed by atoms with Crippen molar-refractivity contribution in [3.05, 3.63) is 37.2 Å². The van der Waals surface area contributed by atoms with Crippen LogP contribution in [0, 0.1) is 0 Å². The highest BCUT2D eigenvalue weighted by Gasteiger charge is 2.15. The second-order valence-corrected chi connectivity index (χ2v) is 7.62. The number of phenolic OH excluding ortho intramolecular Hbond substituents is 3. The fraction of sp³-hybridized carbons (Fsp3) is 0.125. The first-order valence-electron chi connectivity index (χ1n) is 7.15. The number of carbonyl (C=O) groups is 1. The third-order valence-electron chi connectivity index (χ3n) is 3.17. The Hall–Kier alpha value is -1.98. The molecule has 2 aromatic rings. The van der Waals surface area contributed by atoms with E-state index in [2.05, 4.69) is 58.3 Å². The molecule has 0 aliphatic rings. The van der Waals surface area contributed by atoms with Crippen LogP contribution in [0.5, 0.6) is 28.7 Å². The molecule has 0 heterocycles. The van der Waals surface area contributed by atoms with Crippen LogP contribution in [0.3, 0.4) is 0 Å². The zero-order chi connectivity index (χ0) is 20.1. The average molecular weight is 569 g/mol. The molecule has 0 aliphatic heterocycles. The van der Waals surface area contributed by atoms with Crippen molar-refractivity contribution < 1.29 is 29.6 Å². The van der Waals surface area contributed by atoms with E-state index in [-0.39, 0.29) is 16.6 Å². The first-order valence-corrected chi connectivity index (χ1v) is 9.53. The van der Waals surface area contributed by atoms with Crippen LogP contribution in [0.4, 0.5) is 0 Å². The van der Waals surface area contributed by atoms with Gasteiger partial charge in [0.05, 0.1) is 22.3 Å². The monoisotopic (exact) mass is 566 g/mol. The molecule has 0 aliphatic carbocycles. The molecule has 0 saturated carbocycles. The van der Waals surface area contributed by atoms with Crippen LogP contribution in [0.15, 0.2) is 36.7 Å². The Balaban J connectivity index is 2.01. The number of amides is 1. The van der Waals surface area contributed by atoms with Crippen LogP contribution in [0.2, 0.25) is 0 Å². The van der Waals surface area contributed by atoms with Gasteiger partial charge in [0.2, 0.25) is 5.75 Å². The highest BCUT2D eigenvalue weighted by Crippen LogP contribution is 2.42. The number of rotatable bonds is 6. The average Bonchev–Trinajstić information content (AvgIpc) is 2.62. The molecular weight excluding hydrogens is 556 g/mol. The molecule has 2 rings (SSSR count).